The molecular formula is C24H30F4N4O5S. The summed E-state index contributed by atoms with van der Waals surface area (Å²) in [6.07, 6.45) is -4.36. The molecular weight excluding hydrogens is 532 g/mol. The van der Waals surface area contributed by atoms with Gasteiger partial charge in [-0.1, -0.05) is 19.1 Å². The van der Waals surface area contributed by atoms with Crippen molar-refractivity contribution in [3.05, 3.63) is 42.0 Å². The number of likely N-dealkylation sites (N-methyl/N-ethyl adjacent to an activating group) is 1. The van der Waals surface area contributed by atoms with E-state index in [0.717, 1.165) is 12.6 Å². The minimum absolute atomic E-state index is 0.0560. The highest BCUT2D eigenvalue weighted by molar-refractivity contribution is 7.82. The first-order valence-corrected chi connectivity index (χ1v) is 12.0. The normalized spacial score (nSPS) is 12.4. The van der Waals surface area contributed by atoms with Gasteiger partial charge in [-0.3, -0.25) is 14.4 Å². The van der Waals surface area contributed by atoms with Gasteiger partial charge in [-0.05, 0) is 50.5 Å². The number of ketones is 1. The number of rotatable bonds is 11. The second-order valence-corrected chi connectivity index (χ2v) is 8.46. The molecule has 1 heterocycles. The van der Waals surface area contributed by atoms with Crippen molar-refractivity contribution in [1.29, 1.82) is 0 Å². The van der Waals surface area contributed by atoms with Crippen molar-refractivity contribution in [2.45, 2.75) is 57.9 Å². The summed E-state index contributed by atoms with van der Waals surface area (Å²) < 4.78 is 55.5. The van der Waals surface area contributed by atoms with Crippen LogP contribution < -0.4 is 16.0 Å². The highest BCUT2D eigenvalue weighted by atomic mass is 32.1. The highest BCUT2D eigenvalue weighted by Crippen LogP contribution is 2.23. The summed E-state index contributed by atoms with van der Waals surface area (Å²) >= 11 is 4.81. The van der Waals surface area contributed by atoms with Crippen LogP contribution in [-0.4, -0.2) is 64.6 Å². The smallest absolute Gasteiger partial charge is 0.389 e. The fourth-order valence-electron chi connectivity index (χ4n) is 2.65. The lowest BCUT2D eigenvalue weighted by Gasteiger charge is -2.18. The fourth-order valence-corrected chi connectivity index (χ4v) is 2.80. The molecule has 0 spiro atoms. The largest absolute Gasteiger partial charge is 0.431 e. The third-order valence-electron chi connectivity index (χ3n) is 4.88. The number of hydrogen-bond donors (Lipinski definition) is 4. The van der Waals surface area contributed by atoms with Crippen LogP contribution in [0.25, 0.3) is 11.5 Å². The van der Waals surface area contributed by atoms with Crippen LogP contribution in [0.15, 0.2) is 34.9 Å². The molecule has 0 aliphatic rings. The van der Waals surface area contributed by atoms with E-state index in [2.05, 4.69) is 20.9 Å². The number of nitrogens with zero attached hydrogens (tertiary/aromatic N) is 1. The van der Waals surface area contributed by atoms with E-state index >= 15 is 0 Å². The monoisotopic (exact) mass is 562 g/mol. The van der Waals surface area contributed by atoms with Crippen LogP contribution >= 0.6 is 12.2 Å². The molecule has 4 N–H and O–H groups in total. The Balaban J connectivity index is 0.00000132. The Labute approximate surface area is 222 Å². The first-order valence-electron chi connectivity index (χ1n) is 11.6. The number of Topliss-reactive ketones (excluding diaryl/α,β-unsaturated/α-hetero) is 1. The molecule has 0 saturated heterocycles. The van der Waals surface area contributed by atoms with Gasteiger partial charge in [0.25, 0.3) is 5.91 Å². The minimum atomic E-state index is -4.40. The number of halogens is 4. The summed E-state index contributed by atoms with van der Waals surface area (Å²) in [5.41, 5.74) is 0.425. The molecule has 1 aromatic heterocycles. The van der Waals surface area contributed by atoms with Gasteiger partial charge >= 0.3 is 6.18 Å². The lowest BCUT2D eigenvalue weighted by molar-refractivity contribution is -0.136. The van der Waals surface area contributed by atoms with Crippen LogP contribution in [0.4, 0.5) is 17.6 Å². The molecule has 2 amide bonds. The van der Waals surface area contributed by atoms with Gasteiger partial charge in [0, 0.05) is 19.0 Å². The lowest BCUT2D eigenvalue weighted by Crippen LogP contribution is -2.49. The van der Waals surface area contributed by atoms with Crippen molar-refractivity contribution in [1.82, 2.24) is 20.9 Å². The molecule has 0 fully saturated rings. The van der Waals surface area contributed by atoms with Crippen molar-refractivity contribution in [2.75, 3.05) is 13.6 Å². The van der Waals surface area contributed by atoms with Crippen LogP contribution in [0, 0.1) is 5.82 Å². The topological polar surface area (TPSA) is 134 Å². The number of benzene rings is 1. The van der Waals surface area contributed by atoms with Crippen LogP contribution in [-0.2, 0) is 9.59 Å². The van der Waals surface area contributed by atoms with Crippen LogP contribution in [0.5, 0.6) is 0 Å². The molecule has 2 rings (SSSR count). The number of aliphatic hydroxyl groups is 1. The third-order valence-corrected chi connectivity index (χ3v) is 5.28. The van der Waals surface area contributed by atoms with E-state index in [1.54, 1.807) is 6.92 Å². The zero-order valence-corrected chi connectivity index (χ0v) is 21.8. The van der Waals surface area contributed by atoms with Crippen LogP contribution in [0.3, 0.4) is 0 Å². The molecule has 1 aromatic carbocycles. The van der Waals surface area contributed by atoms with Crippen molar-refractivity contribution in [3.8, 4) is 11.5 Å². The SMILES string of the molecule is CCC(C)O.CNC(=S)C(=O)C(CCCC(F)(F)F)NC(=O)CNC(=O)c1cnc(-c2ccc(F)cc2)o1. The summed E-state index contributed by atoms with van der Waals surface area (Å²) in [7, 11) is 1.37. The van der Waals surface area contributed by atoms with E-state index < -0.39 is 55.0 Å². The summed E-state index contributed by atoms with van der Waals surface area (Å²) in [5, 5.41) is 15.3. The van der Waals surface area contributed by atoms with E-state index in [0.29, 0.717) is 5.56 Å². The summed E-state index contributed by atoms with van der Waals surface area (Å²) in [6.45, 7) is 3.14. The number of aliphatic hydroxyl groups excluding tert-OH is 1. The number of amides is 2. The Morgan fingerprint density at radius 1 is 1.18 bits per heavy atom. The molecule has 0 radical (unpaired) electrons. The van der Waals surface area contributed by atoms with Gasteiger partial charge in [-0.2, -0.15) is 13.2 Å². The molecule has 2 unspecified atom stereocenters. The average Bonchev–Trinajstić information content (AvgIpc) is 3.36. The van der Waals surface area contributed by atoms with Gasteiger partial charge in [-0.15, -0.1) is 0 Å². The standard InChI is InChI=1S/C20H20F4N4O4S.C4H10O/c1-25-19(33)16(30)13(3-2-8-20(22,23)24)28-15(29)10-26-17(31)14-9-27-18(32-14)11-4-6-12(21)7-5-11;1-3-4(2)5/h4-7,9,13H,2-3,8,10H2,1H3,(H,25,33)(H,26,31)(H,28,29);4-5H,3H2,1-2H3. The minimum Gasteiger partial charge on any atom is -0.431 e. The van der Waals surface area contributed by atoms with E-state index in [9.17, 15) is 31.9 Å². The van der Waals surface area contributed by atoms with Gasteiger partial charge in [0.05, 0.1) is 24.9 Å². The molecule has 0 aliphatic carbocycles. The van der Waals surface area contributed by atoms with Gasteiger partial charge in [0.2, 0.25) is 23.3 Å². The predicted octanol–water partition coefficient (Wildman–Crippen LogP) is 3.32. The van der Waals surface area contributed by atoms with Gasteiger partial charge in [-0.25, -0.2) is 9.37 Å². The molecule has 2 atom stereocenters. The van der Waals surface area contributed by atoms with E-state index in [1.807, 2.05) is 6.92 Å². The number of oxazole rings is 1. The maximum absolute atomic E-state index is 13.0. The number of alkyl halides is 3. The Hall–Kier alpha value is -3.39. The first-order chi connectivity index (χ1) is 17.8. The number of carbonyl (C=O) groups is 3. The molecule has 2 aromatic rings. The summed E-state index contributed by atoms with van der Waals surface area (Å²) in [4.78, 5) is 40.3. The molecule has 0 saturated carbocycles. The van der Waals surface area contributed by atoms with Crippen molar-refractivity contribution < 1.29 is 41.5 Å². The van der Waals surface area contributed by atoms with Gasteiger partial charge in [0.15, 0.2) is 0 Å². The second-order valence-electron chi connectivity index (χ2n) is 8.05. The maximum Gasteiger partial charge on any atom is 0.389 e. The third kappa shape index (κ3) is 12.2. The average molecular weight is 563 g/mol. The summed E-state index contributed by atoms with van der Waals surface area (Å²) in [5.74, 6) is -2.98. The summed E-state index contributed by atoms with van der Waals surface area (Å²) in [6, 6.07) is 3.90. The van der Waals surface area contributed by atoms with Crippen molar-refractivity contribution in [2.24, 2.45) is 0 Å². The number of thiocarbonyl (C=S) groups is 1. The molecule has 9 nitrogen and oxygen atoms in total. The zero-order valence-electron chi connectivity index (χ0n) is 21.0. The number of nitrogens with one attached hydrogen (secondary N) is 3. The van der Waals surface area contributed by atoms with E-state index in [1.165, 1.54) is 31.3 Å². The first kappa shape index (κ1) is 32.6. The molecule has 38 heavy (non-hydrogen) atoms. The Morgan fingerprint density at radius 3 is 2.32 bits per heavy atom. The lowest BCUT2D eigenvalue weighted by atomic mass is 10.0. The maximum atomic E-state index is 13.0. The Bertz CT molecular complexity index is 1070. The molecule has 0 bridgehead atoms. The Kier molecular flexibility index (Phi) is 13.5. The van der Waals surface area contributed by atoms with Crippen molar-refractivity contribution >= 4 is 34.8 Å². The Morgan fingerprint density at radius 2 is 1.79 bits per heavy atom. The number of carbonyl (C=O) groups excluding carboxylic acids is 3. The molecule has 0 aliphatic heterocycles. The fraction of sp³-hybridized carbons (Fsp3) is 0.458. The molecule has 210 valence electrons. The molecule has 14 heteroatoms. The van der Waals surface area contributed by atoms with Gasteiger partial charge in [0.1, 0.15) is 10.8 Å². The number of hydrogen-bond acceptors (Lipinski definition) is 7. The van der Waals surface area contributed by atoms with Crippen molar-refractivity contribution in [3.63, 3.8) is 0 Å². The predicted molar refractivity (Wildman–Crippen MR) is 135 cm³/mol. The van der Waals surface area contributed by atoms with E-state index in [4.69, 9.17) is 21.7 Å². The second kappa shape index (κ2) is 15.8. The highest BCUT2D eigenvalue weighted by Gasteiger charge is 2.29. The van der Waals surface area contributed by atoms with Gasteiger partial charge < -0.3 is 25.5 Å². The van der Waals surface area contributed by atoms with Crippen LogP contribution in [0.2, 0.25) is 0 Å². The zero-order chi connectivity index (χ0) is 28.9. The van der Waals surface area contributed by atoms with E-state index in [-0.39, 0.29) is 29.2 Å². The quantitative estimate of drug-likeness (QED) is 0.242. The van der Waals surface area contributed by atoms with Crippen LogP contribution in [0.1, 0.15) is 50.1 Å². The number of aromatic nitrogens is 1.